The van der Waals surface area contributed by atoms with Crippen molar-refractivity contribution in [1.29, 1.82) is 0 Å². The first kappa shape index (κ1) is 18.2. The number of hydrogen-bond donors (Lipinski definition) is 0. The summed E-state index contributed by atoms with van der Waals surface area (Å²) in [4.78, 5) is 0. The Hall–Kier alpha value is -3.39. The predicted octanol–water partition coefficient (Wildman–Crippen LogP) is 7.71. The molecule has 0 N–H and O–H groups in total. The van der Waals surface area contributed by atoms with Crippen LogP contribution >= 0.6 is 0 Å². The van der Waals surface area contributed by atoms with Crippen LogP contribution in [-0.2, 0) is 7.05 Å². The van der Waals surface area contributed by atoms with Crippen molar-refractivity contribution in [2.75, 3.05) is 0 Å². The smallest absolute Gasteiger partial charge is 0.216 e. The van der Waals surface area contributed by atoms with Gasteiger partial charge in [-0.25, -0.2) is 4.57 Å². The van der Waals surface area contributed by atoms with Crippen LogP contribution < -0.4 is 4.57 Å². The summed E-state index contributed by atoms with van der Waals surface area (Å²) in [5.41, 5.74) is 8.83. The van der Waals surface area contributed by atoms with Gasteiger partial charge in [-0.3, -0.25) is 0 Å². The van der Waals surface area contributed by atoms with E-state index in [-0.39, 0.29) is 0 Å². The van der Waals surface area contributed by atoms with E-state index in [1.165, 1.54) is 16.7 Å². The molecule has 2 aromatic heterocycles. The minimum atomic E-state index is -0.402. The van der Waals surface area contributed by atoms with Crippen LogP contribution in [0.25, 0.3) is 44.3 Å². The topological polar surface area (TPSA) is 17.0 Å². The van der Waals surface area contributed by atoms with E-state index in [2.05, 4.69) is 85.4 Å². The van der Waals surface area contributed by atoms with Crippen LogP contribution in [0.5, 0.6) is 0 Å². The largest absolute Gasteiger partial charge is 0.455 e. The molecule has 2 nitrogen and oxygen atoms in total. The van der Waals surface area contributed by atoms with Gasteiger partial charge < -0.3 is 4.42 Å². The van der Waals surface area contributed by atoms with Gasteiger partial charge in [-0.1, -0.05) is 67.4 Å². The molecule has 1 aliphatic rings. The molecular formula is C30H28NO+. The Morgan fingerprint density at radius 3 is 2.47 bits per heavy atom. The van der Waals surface area contributed by atoms with Crippen LogP contribution in [0.3, 0.4) is 0 Å². The Morgan fingerprint density at radius 1 is 0.875 bits per heavy atom. The second-order valence-electron chi connectivity index (χ2n) is 9.03. The minimum Gasteiger partial charge on any atom is -0.455 e. The lowest BCUT2D eigenvalue weighted by Crippen LogP contribution is -2.30. The predicted molar refractivity (Wildman–Crippen MR) is 132 cm³/mol. The van der Waals surface area contributed by atoms with Gasteiger partial charge in [0.25, 0.3) is 0 Å². The molecule has 0 atom stereocenters. The summed E-state index contributed by atoms with van der Waals surface area (Å²) in [6.07, 6.45) is 6.40. The number of aryl methyl sites for hydroxylation is 2. The van der Waals surface area contributed by atoms with Crippen molar-refractivity contribution < 1.29 is 10.4 Å². The van der Waals surface area contributed by atoms with Gasteiger partial charge in [-0.05, 0) is 54.0 Å². The Balaban J connectivity index is 1.48. The van der Waals surface area contributed by atoms with E-state index in [9.17, 15) is 0 Å². The highest BCUT2D eigenvalue weighted by atomic mass is 16.3. The van der Waals surface area contributed by atoms with E-state index in [1.807, 2.05) is 12.1 Å². The SMILES string of the molecule is [2H]C1(c2ccc(-c3cc[n+](C)c(-c4c(C)ccc5c4oc4ccccc45)c3)cc2)CCCC1. The molecule has 32 heavy (non-hydrogen) atoms. The maximum atomic E-state index is 8.80. The van der Waals surface area contributed by atoms with Crippen molar-refractivity contribution in [2.24, 2.45) is 7.05 Å². The van der Waals surface area contributed by atoms with Crippen molar-refractivity contribution in [3.63, 3.8) is 0 Å². The highest BCUT2D eigenvalue weighted by Gasteiger charge is 2.22. The average molecular weight is 420 g/mol. The van der Waals surface area contributed by atoms with Gasteiger partial charge in [0, 0.05) is 24.3 Å². The molecule has 5 aromatic rings. The molecule has 2 heteroatoms. The lowest BCUT2D eigenvalue weighted by Gasteiger charge is -2.11. The molecule has 158 valence electrons. The number of nitrogens with zero attached hydrogens (tertiary/aromatic N) is 1. The van der Waals surface area contributed by atoms with Crippen molar-refractivity contribution in [2.45, 2.75) is 38.5 Å². The zero-order valence-corrected chi connectivity index (χ0v) is 18.7. The molecule has 1 fully saturated rings. The zero-order valence-electron chi connectivity index (χ0n) is 19.7. The van der Waals surface area contributed by atoms with E-state index < -0.39 is 5.89 Å². The molecule has 2 heterocycles. The van der Waals surface area contributed by atoms with Crippen LogP contribution in [0.4, 0.5) is 0 Å². The monoisotopic (exact) mass is 419 g/mol. The second-order valence-corrected chi connectivity index (χ2v) is 9.03. The lowest BCUT2D eigenvalue weighted by molar-refractivity contribution is -0.660. The lowest BCUT2D eigenvalue weighted by atomic mass is 9.94. The van der Waals surface area contributed by atoms with Gasteiger partial charge in [-0.2, -0.15) is 0 Å². The normalized spacial score (nSPS) is 16.0. The van der Waals surface area contributed by atoms with Crippen molar-refractivity contribution in [3.05, 3.63) is 90.1 Å². The standard InChI is InChI=1S/C30H28NO/c1-20-11-16-26-25-9-5-6-10-28(25)32-30(26)29(20)27-19-24(17-18-31(27)2)23-14-12-22(13-15-23)21-7-3-4-8-21/h5-6,9-19,21H,3-4,7-8H2,1-2H3/q+1/i21D. The maximum Gasteiger partial charge on any atom is 0.216 e. The summed E-state index contributed by atoms with van der Waals surface area (Å²) in [5.74, 6) is -0.402. The van der Waals surface area contributed by atoms with Gasteiger partial charge in [0.05, 0.1) is 5.56 Å². The maximum absolute atomic E-state index is 8.80. The highest BCUT2D eigenvalue weighted by Crippen LogP contribution is 2.38. The second kappa shape index (κ2) is 7.63. The number of pyridine rings is 1. The van der Waals surface area contributed by atoms with Crippen molar-refractivity contribution in [3.8, 4) is 22.4 Å². The third-order valence-electron chi connectivity index (χ3n) is 6.99. The van der Waals surface area contributed by atoms with Gasteiger partial charge in [-0.15, -0.1) is 0 Å². The third-order valence-corrected chi connectivity index (χ3v) is 6.99. The average Bonchev–Trinajstić information content (AvgIpc) is 3.44. The number of benzene rings is 3. The molecule has 1 saturated carbocycles. The Labute approximate surface area is 190 Å². The number of para-hydroxylation sites is 1. The molecule has 0 bridgehead atoms. The van der Waals surface area contributed by atoms with Gasteiger partial charge in [0.2, 0.25) is 5.69 Å². The molecular weight excluding hydrogens is 390 g/mol. The molecule has 1 aliphatic carbocycles. The van der Waals surface area contributed by atoms with E-state index in [0.717, 1.165) is 64.4 Å². The number of rotatable bonds is 3. The molecule has 0 amide bonds. The molecule has 3 aromatic carbocycles. The summed E-state index contributed by atoms with van der Waals surface area (Å²) in [6.45, 7) is 2.15. The molecule has 0 radical (unpaired) electrons. The quantitative estimate of drug-likeness (QED) is 0.274. The van der Waals surface area contributed by atoms with Crippen molar-refractivity contribution in [1.82, 2.24) is 0 Å². The van der Waals surface area contributed by atoms with Gasteiger partial charge in [0.15, 0.2) is 6.20 Å². The Bertz CT molecular complexity index is 1490. The first-order valence-corrected chi connectivity index (χ1v) is 11.6. The number of fused-ring (bicyclic) bond motifs is 3. The fourth-order valence-electron chi connectivity index (χ4n) is 5.19. The van der Waals surface area contributed by atoms with Crippen LogP contribution in [0, 0.1) is 6.92 Å². The van der Waals surface area contributed by atoms with E-state index in [4.69, 9.17) is 5.79 Å². The molecule has 0 aliphatic heterocycles. The number of furan rings is 1. The number of hydrogen-bond acceptors (Lipinski definition) is 1. The van der Waals surface area contributed by atoms with Crippen molar-refractivity contribution >= 4 is 21.9 Å². The molecule has 0 unspecified atom stereocenters. The first-order valence-electron chi connectivity index (χ1n) is 12.1. The summed E-state index contributed by atoms with van der Waals surface area (Å²) >= 11 is 0. The third kappa shape index (κ3) is 3.14. The Kier molecular flexibility index (Phi) is 4.34. The van der Waals surface area contributed by atoms with Crippen LogP contribution in [0.1, 0.15) is 44.1 Å². The minimum absolute atomic E-state index is 0.402. The Morgan fingerprint density at radius 2 is 1.66 bits per heavy atom. The molecule has 6 rings (SSSR count). The van der Waals surface area contributed by atoms with Gasteiger partial charge in [0.1, 0.15) is 18.2 Å². The molecule has 0 saturated heterocycles. The first-order chi connectivity index (χ1) is 16.0. The van der Waals surface area contributed by atoms with E-state index in [1.54, 1.807) is 0 Å². The number of aromatic nitrogens is 1. The summed E-state index contributed by atoms with van der Waals surface area (Å²) in [5, 5.41) is 2.30. The summed E-state index contributed by atoms with van der Waals surface area (Å²) < 4.78 is 17.3. The van der Waals surface area contributed by atoms with E-state index in [0.29, 0.717) is 0 Å². The van der Waals surface area contributed by atoms with Crippen LogP contribution in [0.15, 0.2) is 83.4 Å². The summed E-state index contributed by atoms with van der Waals surface area (Å²) in [7, 11) is 2.09. The van der Waals surface area contributed by atoms with Crippen LogP contribution in [0.2, 0.25) is 0 Å². The summed E-state index contributed by atoms with van der Waals surface area (Å²) in [6, 6.07) is 25.7. The van der Waals surface area contributed by atoms with E-state index >= 15 is 0 Å². The fourth-order valence-corrected chi connectivity index (χ4v) is 5.19. The van der Waals surface area contributed by atoms with Crippen LogP contribution in [-0.4, -0.2) is 0 Å². The fraction of sp³-hybridized carbons (Fsp3) is 0.233. The highest BCUT2D eigenvalue weighted by molar-refractivity contribution is 6.09. The zero-order chi connectivity index (χ0) is 22.6. The van der Waals surface area contributed by atoms with Gasteiger partial charge >= 0.3 is 0 Å². The molecule has 0 spiro atoms.